The van der Waals surface area contributed by atoms with E-state index in [1.807, 2.05) is 0 Å². The lowest BCUT2D eigenvalue weighted by Crippen LogP contribution is -2.16. The summed E-state index contributed by atoms with van der Waals surface area (Å²) in [5, 5.41) is 2.46. The Morgan fingerprint density at radius 3 is 2.70 bits per heavy atom. The SMILES string of the molecule is Cc1cccc(C(=O)Nc2ccc(C(N)=S)cc2F)n1. The van der Waals surface area contributed by atoms with Crippen LogP contribution < -0.4 is 11.1 Å². The van der Waals surface area contributed by atoms with E-state index in [9.17, 15) is 9.18 Å². The molecule has 0 aliphatic rings. The van der Waals surface area contributed by atoms with E-state index in [4.69, 9.17) is 18.0 Å². The van der Waals surface area contributed by atoms with Gasteiger partial charge in [0.2, 0.25) is 0 Å². The zero-order valence-corrected chi connectivity index (χ0v) is 11.5. The summed E-state index contributed by atoms with van der Waals surface area (Å²) in [7, 11) is 0. The van der Waals surface area contributed by atoms with E-state index >= 15 is 0 Å². The summed E-state index contributed by atoms with van der Waals surface area (Å²) in [5.41, 5.74) is 6.80. The van der Waals surface area contributed by atoms with Crippen LogP contribution in [0.5, 0.6) is 0 Å². The van der Waals surface area contributed by atoms with Crippen molar-refractivity contribution in [3.05, 3.63) is 59.2 Å². The van der Waals surface area contributed by atoms with Crippen LogP contribution in [-0.2, 0) is 0 Å². The fraction of sp³-hybridized carbons (Fsp3) is 0.0714. The predicted molar refractivity (Wildman–Crippen MR) is 79.2 cm³/mol. The summed E-state index contributed by atoms with van der Waals surface area (Å²) in [5.74, 6) is -1.08. The van der Waals surface area contributed by atoms with Gasteiger partial charge < -0.3 is 11.1 Å². The first-order valence-electron chi connectivity index (χ1n) is 5.82. The third-order valence-electron chi connectivity index (χ3n) is 2.62. The van der Waals surface area contributed by atoms with Gasteiger partial charge in [-0.1, -0.05) is 18.3 Å². The van der Waals surface area contributed by atoms with Crippen molar-refractivity contribution in [2.24, 2.45) is 5.73 Å². The molecule has 1 aromatic heterocycles. The van der Waals surface area contributed by atoms with Gasteiger partial charge in [-0.15, -0.1) is 0 Å². The van der Waals surface area contributed by atoms with Crippen molar-refractivity contribution in [3.63, 3.8) is 0 Å². The summed E-state index contributed by atoms with van der Waals surface area (Å²) >= 11 is 4.76. The molecule has 0 bridgehead atoms. The third-order valence-corrected chi connectivity index (χ3v) is 2.86. The molecule has 4 nitrogen and oxygen atoms in total. The first kappa shape index (κ1) is 14.1. The Morgan fingerprint density at radius 1 is 1.35 bits per heavy atom. The number of carbonyl (C=O) groups excluding carboxylic acids is 1. The zero-order chi connectivity index (χ0) is 14.7. The number of nitrogens with two attached hydrogens (primary N) is 1. The van der Waals surface area contributed by atoms with Crippen LogP contribution in [0, 0.1) is 12.7 Å². The summed E-state index contributed by atoms with van der Waals surface area (Å²) < 4.78 is 13.8. The molecule has 20 heavy (non-hydrogen) atoms. The molecule has 0 unspecified atom stereocenters. The Hall–Kier alpha value is -2.34. The van der Waals surface area contributed by atoms with Gasteiger partial charge >= 0.3 is 0 Å². The van der Waals surface area contributed by atoms with Crippen LogP contribution in [0.25, 0.3) is 0 Å². The predicted octanol–water partition coefficient (Wildman–Crippen LogP) is 2.42. The van der Waals surface area contributed by atoms with Gasteiger partial charge in [0.05, 0.1) is 5.69 Å². The monoisotopic (exact) mass is 289 g/mol. The van der Waals surface area contributed by atoms with Gasteiger partial charge in [0.1, 0.15) is 16.5 Å². The molecule has 3 N–H and O–H groups in total. The second-order valence-electron chi connectivity index (χ2n) is 4.18. The molecule has 0 aliphatic carbocycles. The average molecular weight is 289 g/mol. The van der Waals surface area contributed by atoms with E-state index in [2.05, 4.69) is 10.3 Å². The van der Waals surface area contributed by atoms with Crippen LogP contribution in [0.4, 0.5) is 10.1 Å². The van der Waals surface area contributed by atoms with Gasteiger partial charge in [0, 0.05) is 11.3 Å². The minimum absolute atomic E-state index is 0.0540. The molecule has 0 fully saturated rings. The average Bonchev–Trinajstić information content (AvgIpc) is 2.40. The van der Waals surface area contributed by atoms with Crippen molar-refractivity contribution >= 4 is 28.8 Å². The first-order chi connectivity index (χ1) is 9.47. The standard InChI is InChI=1S/C14H12FN3OS/c1-8-3-2-4-12(17-8)14(19)18-11-6-5-9(13(16)20)7-10(11)15/h2-7H,1H3,(H2,16,20)(H,18,19). The van der Waals surface area contributed by atoms with Crippen LogP contribution in [0.1, 0.15) is 21.7 Å². The molecule has 6 heteroatoms. The first-order valence-corrected chi connectivity index (χ1v) is 6.22. The molecule has 0 aliphatic heterocycles. The molecular formula is C14H12FN3OS. The van der Waals surface area contributed by atoms with E-state index in [0.717, 1.165) is 0 Å². The number of anilines is 1. The van der Waals surface area contributed by atoms with Crippen molar-refractivity contribution in [1.82, 2.24) is 4.98 Å². The maximum absolute atomic E-state index is 13.8. The molecular weight excluding hydrogens is 277 g/mol. The van der Waals surface area contributed by atoms with Crippen LogP contribution >= 0.6 is 12.2 Å². The van der Waals surface area contributed by atoms with Gasteiger partial charge in [0.15, 0.2) is 0 Å². The van der Waals surface area contributed by atoms with E-state index in [-0.39, 0.29) is 16.4 Å². The number of pyridine rings is 1. The van der Waals surface area contributed by atoms with Crippen LogP contribution in [0.15, 0.2) is 36.4 Å². The number of amides is 1. The highest BCUT2D eigenvalue weighted by atomic mass is 32.1. The number of hydrogen-bond donors (Lipinski definition) is 2. The Labute approximate surface area is 120 Å². The highest BCUT2D eigenvalue weighted by Gasteiger charge is 2.11. The lowest BCUT2D eigenvalue weighted by atomic mass is 10.2. The molecule has 0 radical (unpaired) electrons. The lowest BCUT2D eigenvalue weighted by molar-refractivity contribution is 0.102. The number of benzene rings is 1. The number of aromatic nitrogens is 1. The van der Waals surface area contributed by atoms with Crippen molar-refractivity contribution in [2.45, 2.75) is 6.92 Å². The van der Waals surface area contributed by atoms with Gasteiger partial charge in [0.25, 0.3) is 5.91 Å². The molecule has 1 aromatic carbocycles. The van der Waals surface area contributed by atoms with E-state index < -0.39 is 11.7 Å². The molecule has 2 aromatic rings. The van der Waals surface area contributed by atoms with Crippen molar-refractivity contribution < 1.29 is 9.18 Å². The molecule has 0 saturated carbocycles. The van der Waals surface area contributed by atoms with E-state index in [1.165, 1.54) is 12.1 Å². The third kappa shape index (κ3) is 3.16. The number of rotatable bonds is 3. The maximum atomic E-state index is 13.8. The molecule has 0 spiro atoms. The van der Waals surface area contributed by atoms with Crippen LogP contribution in [0.3, 0.4) is 0 Å². The Bertz CT molecular complexity index is 688. The number of hydrogen-bond acceptors (Lipinski definition) is 3. The highest BCUT2D eigenvalue weighted by Crippen LogP contribution is 2.16. The highest BCUT2D eigenvalue weighted by molar-refractivity contribution is 7.80. The minimum Gasteiger partial charge on any atom is -0.389 e. The Kier molecular flexibility index (Phi) is 4.05. The van der Waals surface area contributed by atoms with E-state index in [1.54, 1.807) is 31.2 Å². The fourth-order valence-corrected chi connectivity index (χ4v) is 1.75. The molecule has 0 saturated heterocycles. The number of thiocarbonyl (C=S) groups is 1. The second kappa shape index (κ2) is 5.75. The minimum atomic E-state index is -0.601. The number of nitrogens with zero attached hydrogens (tertiary/aromatic N) is 1. The summed E-state index contributed by atoms with van der Waals surface area (Å²) in [6, 6.07) is 9.19. The molecule has 102 valence electrons. The molecule has 1 heterocycles. The normalized spacial score (nSPS) is 10.1. The van der Waals surface area contributed by atoms with E-state index in [0.29, 0.717) is 11.3 Å². The largest absolute Gasteiger partial charge is 0.389 e. The molecule has 1 amide bonds. The fourth-order valence-electron chi connectivity index (χ4n) is 1.63. The zero-order valence-electron chi connectivity index (χ0n) is 10.7. The van der Waals surface area contributed by atoms with Crippen molar-refractivity contribution in [3.8, 4) is 0 Å². The van der Waals surface area contributed by atoms with Crippen LogP contribution in [0.2, 0.25) is 0 Å². The molecule has 0 atom stereocenters. The number of nitrogens with one attached hydrogen (secondary N) is 1. The lowest BCUT2D eigenvalue weighted by Gasteiger charge is -2.07. The van der Waals surface area contributed by atoms with Gasteiger partial charge in [-0.25, -0.2) is 9.37 Å². The van der Waals surface area contributed by atoms with Crippen LogP contribution in [-0.4, -0.2) is 15.9 Å². The van der Waals surface area contributed by atoms with Crippen molar-refractivity contribution in [1.29, 1.82) is 0 Å². The maximum Gasteiger partial charge on any atom is 0.274 e. The van der Waals surface area contributed by atoms with Gasteiger partial charge in [-0.3, -0.25) is 4.79 Å². The summed E-state index contributed by atoms with van der Waals surface area (Å²) in [6.07, 6.45) is 0. The topological polar surface area (TPSA) is 68.0 Å². The van der Waals surface area contributed by atoms with Gasteiger partial charge in [-0.2, -0.15) is 0 Å². The number of halogens is 1. The second-order valence-corrected chi connectivity index (χ2v) is 4.62. The quantitative estimate of drug-likeness (QED) is 0.852. The molecule has 2 rings (SSSR count). The summed E-state index contributed by atoms with van der Waals surface area (Å²) in [6.45, 7) is 1.77. The summed E-state index contributed by atoms with van der Waals surface area (Å²) in [4.78, 5) is 16.1. The smallest absolute Gasteiger partial charge is 0.274 e. The number of carbonyl (C=O) groups is 1. The van der Waals surface area contributed by atoms with Crippen molar-refractivity contribution in [2.75, 3.05) is 5.32 Å². The van der Waals surface area contributed by atoms with Gasteiger partial charge in [-0.05, 0) is 37.3 Å². The number of aryl methyl sites for hydroxylation is 1. The Morgan fingerprint density at radius 2 is 2.10 bits per heavy atom. The Balaban J connectivity index is 2.22.